The summed E-state index contributed by atoms with van der Waals surface area (Å²) in [4.78, 5) is 0. The molecule has 2 nitrogen and oxygen atoms in total. The van der Waals surface area contributed by atoms with Crippen molar-refractivity contribution in [1.82, 2.24) is 0 Å². The molecule has 1 aromatic carbocycles. The van der Waals surface area contributed by atoms with Crippen LogP contribution >= 0.6 is 11.6 Å². The van der Waals surface area contributed by atoms with Crippen molar-refractivity contribution >= 4 is 11.6 Å². The number of terminal acetylenes is 1. The first-order chi connectivity index (χ1) is 7.27. The Hall–Kier alpha value is -1.01. The molecule has 0 fully saturated rings. The highest BCUT2D eigenvalue weighted by Crippen LogP contribution is 2.16. The number of aliphatic hydroxyl groups is 1. The lowest BCUT2D eigenvalue weighted by molar-refractivity contribution is 0.0221. The van der Waals surface area contributed by atoms with Crippen molar-refractivity contribution in [2.75, 3.05) is 12.5 Å². The predicted molar refractivity (Wildman–Crippen MR) is 60.7 cm³/mol. The smallest absolute Gasteiger partial charge is 0.143 e. The number of hydrogen-bond donors (Lipinski definition) is 1. The third-order valence-electron chi connectivity index (χ3n) is 1.89. The van der Waals surface area contributed by atoms with E-state index in [2.05, 4.69) is 5.92 Å². The molecular weight excluding hydrogens is 212 g/mol. The zero-order valence-corrected chi connectivity index (χ0v) is 9.02. The minimum atomic E-state index is -0.675. The zero-order chi connectivity index (χ0) is 11.1. The molecule has 0 spiro atoms. The highest BCUT2D eigenvalue weighted by atomic mass is 35.5. The molecule has 0 bridgehead atoms. The molecule has 0 heterocycles. The van der Waals surface area contributed by atoms with Crippen LogP contribution in [0.4, 0.5) is 0 Å². The molecule has 0 aliphatic carbocycles. The lowest BCUT2D eigenvalue weighted by atomic mass is 10.1. The summed E-state index contributed by atoms with van der Waals surface area (Å²) in [6, 6.07) is 9.46. The van der Waals surface area contributed by atoms with Gasteiger partial charge in [-0.25, -0.2) is 0 Å². The van der Waals surface area contributed by atoms with Crippen LogP contribution in [0.15, 0.2) is 30.3 Å². The highest BCUT2D eigenvalue weighted by molar-refractivity contribution is 6.18. The van der Waals surface area contributed by atoms with E-state index in [-0.39, 0.29) is 12.5 Å². The van der Waals surface area contributed by atoms with Gasteiger partial charge < -0.3 is 9.84 Å². The zero-order valence-electron chi connectivity index (χ0n) is 8.27. The third kappa shape index (κ3) is 3.93. The van der Waals surface area contributed by atoms with Crippen LogP contribution in [0, 0.1) is 12.3 Å². The van der Waals surface area contributed by atoms with Crippen LogP contribution in [0.5, 0.6) is 0 Å². The fourth-order valence-electron chi connectivity index (χ4n) is 1.12. The molecule has 1 N–H and O–H groups in total. The first-order valence-corrected chi connectivity index (χ1v) is 5.18. The molecule has 1 rings (SSSR count). The fraction of sp³-hybridized carbons (Fsp3) is 0.333. The van der Waals surface area contributed by atoms with E-state index in [1.165, 1.54) is 0 Å². The van der Waals surface area contributed by atoms with E-state index < -0.39 is 12.2 Å². The van der Waals surface area contributed by atoms with Gasteiger partial charge in [0.25, 0.3) is 0 Å². The van der Waals surface area contributed by atoms with Crippen LogP contribution in [-0.2, 0) is 4.74 Å². The number of ether oxygens (including phenoxy) is 1. The quantitative estimate of drug-likeness (QED) is 0.612. The van der Waals surface area contributed by atoms with Gasteiger partial charge in [0.05, 0.1) is 18.6 Å². The van der Waals surface area contributed by atoms with Gasteiger partial charge >= 0.3 is 0 Å². The number of halogens is 1. The molecule has 0 unspecified atom stereocenters. The van der Waals surface area contributed by atoms with Gasteiger partial charge in [-0.2, -0.15) is 0 Å². The number of hydrogen-bond acceptors (Lipinski definition) is 2. The van der Waals surface area contributed by atoms with E-state index >= 15 is 0 Å². The maximum Gasteiger partial charge on any atom is 0.143 e. The number of alkyl halides is 1. The van der Waals surface area contributed by atoms with Gasteiger partial charge in [-0.15, -0.1) is 18.0 Å². The van der Waals surface area contributed by atoms with Crippen LogP contribution in [0.3, 0.4) is 0 Å². The highest BCUT2D eigenvalue weighted by Gasteiger charge is 2.10. The Morgan fingerprint density at radius 3 is 2.60 bits per heavy atom. The van der Waals surface area contributed by atoms with Crippen molar-refractivity contribution < 1.29 is 9.84 Å². The standard InChI is InChI=1S/C12H13ClO2/c1-2-12(15-9-11(14)8-13)10-6-4-3-5-7-10/h1,3-7,11-12,14H,8-9H2/t11-,12-/m0/s1. The van der Waals surface area contributed by atoms with Crippen molar-refractivity contribution in [1.29, 1.82) is 0 Å². The summed E-state index contributed by atoms with van der Waals surface area (Å²) < 4.78 is 5.36. The molecule has 0 aliphatic rings. The van der Waals surface area contributed by atoms with Gasteiger partial charge in [0.1, 0.15) is 6.10 Å². The summed E-state index contributed by atoms with van der Waals surface area (Å²) in [5, 5.41) is 9.22. The number of aliphatic hydroxyl groups excluding tert-OH is 1. The Morgan fingerprint density at radius 1 is 1.40 bits per heavy atom. The Labute approximate surface area is 94.8 Å². The average molecular weight is 225 g/mol. The van der Waals surface area contributed by atoms with Gasteiger partial charge in [-0.05, 0) is 5.56 Å². The fourth-order valence-corrected chi connectivity index (χ4v) is 1.21. The second-order valence-electron chi connectivity index (χ2n) is 3.10. The molecule has 15 heavy (non-hydrogen) atoms. The Morgan fingerprint density at radius 2 is 2.07 bits per heavy atom. The van der Waals surface area contributed by atoms with Crippen molar-refractivity contribution in [2.24, 2.45) is 0 Å². The van der Waals surface area contributed by atoms with Crippen LogP contribution in [0.1, 0.15) is 11.7 Å². The minimum Gasteiger partial charge on any atom is -0.389 e. The molecule has 0 saturated carbocycles. The molecule has 0 aromatic heterocycles. The van der Waals surface area contributed by atoms with E-state index in [9.17, 15) is 5.11 Å². The largest absolute Gasteiger partial charge is 0.389 e. The van der Waals surface area contributed by atoms with Crippen LogP contribution in [0.2, 0.25) is 0 Å². The molecule has 0 radical (unpaired) electrons. The Kier molecular flexibility index (Phi) is 5.20. The van der Waals surface area contributed by atoms with Crippen LogP contribution in [0.25, 0.3) is 0 Å². The maximum absolute atomic E-state index is 9.22. The van der Waals surface area contributed by atoms with Crippen LogP contribution < -0.4 is 0 Å². The summed E-state index contributed by atoms with van der Waals surface area (Å²) >= 11 is 5.44. The lowest BCUT2D eigenvalue weighted by Gasteiger charge is -2.14. The first kappa shape index (κ1) is 12.1. The van der Waals surface area contributed by atoms with Gasteiger partial charge in [-0.1, -0.05) is 36.3 Å². The van der Waals surface area contributed by atoms with E-state index in [0.29, 0.717) is 0 Å². The van der Waals surface area contributed by atoms with Crippen molar-refractivity contribution in [3.63, 3.8) is 0 Å². The summed E-state index contributed by atoms with van der Waals surface area (Å²) in [7, 11) is 0. The molecule has 1 aromatic rings. The second kappa shape index (κ2) is 6.47. The monoisotopic (exact) mass is 224 g/mol. The molecule has 0 saturated heterocycles. The van der Waals surface area contributed by atoms with Gasteiger partial charge in [0.2, 0.25) is 0 Å². The summed E-state index contributed by atoms with van der Waals surface area (Å²) in [5.74, 6) is 2.67. The summed E-state index contributed by atoms with van der Waals surface area (Å²) in [5.41, 5.74) is 0.904. The Bertz CT molecular complexity index is 318. The van der Waals surface area contributed by atoms with Crippen molar-refractivity contribution in [3.05, 3.63) is 35.9 Å². The van der Waals surface area contributed by atoms with E-state index in [0.717, 1.165) is 5.56 Å². The number of rotatable bonds is 5. The minimum absolute atomic E-state index is 0.145. The molecule has 80 valence electrons. The van der Waals surface area contributed by atoms with E-state index in [1.807, 2.05) is 30.3 Å². The van der Waals surface area contributed by atoms with Crippen LogP contribution in [-0.4, -0.2) is 23.7 Å². The topological polar surface area (TPSA) is 29.5 Å². The lowest BCUT2D eigenvalue weighted by Crippen LogP contribution is -2.18. The predicted octanol–water partition coefficient (Wildman–Crippen LogP) is 1.98. The SMILES string of the molecule is C#C[C@H](OC[C@@H](O)CCl)c1ccccc1. The number of benzene rings is 1. The van der Waals surface area contributed by atoms with E-state index in [4.69, 9.17) is 22.8 Å². The normalized spacial score (nSPS) is 14.2. The summed E-state index contributed by atoms with van der Waals surface area (Å²) in [6.07, 6.45) is 4.24. The van der Waals surface area contributed by atoms with Gasteiger partial charge in [0.15, 0.2) is 0 Å². The Balaban J connectivity index is 2.55. The first-order valence-electron chi connectivity index (χ1n) is 4.64. The summed E-state index contributed by atoms with van der Waals surface area (Å²) in [6.45, 7) is 0.146. The molecule has 2 atom stereocenters. The molecular formula is C12H13ClO2. The molecule has 0 aliphatic heterocycles. The van der Waals surface area contributed by atoms with Gasteiger partial charge in [0, 0.05) is 0 Å². The average Bonchev–Trinajstić information content (AvgIpc) is 2.31. The van der Waals surface area contributed by atoms with Gasteiger partial charge in [-0.3, -0.25) is 0 Å². The molecule has 3 heteroatoms. The maximum atomic E-state index is 9.22. The second-order valence-corrected chi connectivity index (χ2v) is 3.41. The van der Waals surface area contributed by atoms with E-state index in [1.54, 1.807) is 0 Å². The van der Waals surface area contributed by atoms with Crippen molar-refractivity contribution in [3.8, 4) is 12.3 Å². The molecule has 0 amide bonds. The van der Waals surface area contributed by atoms with Crippen molar-refractivity contribution in [2.45, 2.75) is 12.2 Å². The third-order valence-corrected chi connectivity index (χ3v) is 2.24.